The SMILES string of the molecule is CCN(CC)c1ncc2c(=O)[nH]c(C3CCN(CC(=O)Nc4ccn(C)n4)CC3)cc2n1. The first-order valence-electron chi connectivity index (χ1n) is 11.1. The van der Waals surface area contributed by atoms with Crippen molar-refractivity contribution in [3.63, 3.8) is 0 Å². The second kappa shape index (κ2) is 9.47. The lowest BCUT2D eigenvalue weighted by Crippen LogP contribution is -2.39. The van der Waals surface area contributed by atoms with Crippen LogP contribution in [0.25, 0.3) is 10.9 Å². The van der Waals surface area contributed by atoms with E-state index in [1.54, 1.807) is 23.1 Å². The first kappa shape index (κ1) is 21.9. The van der Waals surface area contributed by atoms with Crippen molar-refractivity contribution in [1.29, 1.82) is 0 Å². The highest BCUT2D eigenvalue weighted by Crippen LogP contribution is 2.27. The second-order valence-corrected chi connectivity index (χ2v) is 8.17. The van der Waals surface area contributed by atoms with E-state index in [-0.39, 0.29) is 17.4 Å². The number of nitrogens with one attached hydrogen (secondary N) is 2. The van der Waals surface area contributed by atoms with Crippen LogP contribution in [0.15, 0.2) is 29.3 Å². The summed E-state index contributed by atoms with van der Waals surface area (Å²) in [5, 5.41) is 7.51. The lowest BCUT2D eigenvalue weighted by molar-refractivity contribution is -0.117. The third-order valence-electron chi connectivity index (χ3n) is 6.02. The fraction of sp³-hybridized carbons (Fsp3) is 0.500. The molecule has 10 nitrogen and oxygen atoms in total. The van der Waals surface area contributed by atoms with Crippen LogP contribution >= 0.6 is 0 Å². The number of amides is 1. The highest BCUT2D eigenvalue weighted by atomic mass is 16.2. The predicted molar refractivity (Wildman–Crippen MR) is 124 cm³/mol. The van der Waals surface area contributed by atoms with Gasteiger partial charge in [0.1, 0.15) is 0 Å². The first-order chi connectivity index (χ1) is 15.5. The van der Waals surface area contributed by atoms with Crippen molar-refractivity contribution in [1.82, 2.24) is 29.6 Å². The number of fused-ring (bicyclic) bond motifs is 1. The zero-order valence-electron chi connectivity index (χ0n) is 18.8. The smallest absolute Gasteiger partial charge is 0.259 e. The number of pyridine rings is 1. The maximum atomic E-state index is 12.6. The van der Waals surface area contributed by atoms with Gasteiger partial charge >= 0.3 is 0 Å². The Kier molecular flexibility index (Phi) is 6.50. The average Bonchev–Trinajstić information content (AvgIpc) is 3.19. The molecule has 0 spiro atoms. The molecule has 1 aliphatic heterocycles. The zero-order chi connectivity index (χ0) is 22.7. The topological polar surface area (TPSA) is 112 Å². The Bertz CT molecular complexity index is 1140. The van der Waals surface area contributed by atoms with Crippen LogP contribution in [-0.2, 0) is 11.8 Å². The van der Waals surface area contributed by atoms with Crippen LogP contribution < -0.4 is 15.8 Å². The van der Waals surface area contributed by atoms with Crippen molar-refractivity contribution >= 4 is 28.6 Å². The van der Waals surface area contributed by atoms with Crippen molar-refractivity contribution in [2.75, 3.05) is 42.9 Å². The number of aromatic nitrogens is 5. The van der Waals surface area contributed by atoms with Gasteiger partial charge in [0, 0.05) is 50.2 Å². The Morgan fingerprint density at radius 1 is 1.28 bits per heavy atom. The largest absolute Gasteiger partial charge is 0.341 e. The lowest BCUT2D eigenvalue weighted by Gasteiger charge is -2.31. The van der Waals surface area contributed by atoms with E-state index in [1.165, 1.54) is 0 Å². The molecule has 1 fully saturated rings. The predicted octanol–water partition coefficient (Wildman–Crippen LogP) is 1.72. The minimum absolute atomic E-state index is 0.0677. The number of aromatic amines is 1. The normalized spacial score (nSPS) is 15.2. The second-order valence-electron chi connectivity index (χ2n) is 8.17. The highest BCUT2D eigenvalue weighted by molar-refractivity contribution is 5.91. The summed E-state index contributed by atoms with van der Waals surface area (Å²) in [6.07, 6.45) is 5.14. The molecule has 3 aromatic rings. The number of likely N-dealkylation sites (tertiary alicyclic amines) is 1. The Morgan fingerprint density at radius 3 is 2.69 bits per heavy atom. The molecule has 2 N–H and O–H groups in total. The molecule has 4 rings (SSSR count). The fourth-order valence-corrected chi connectivity index (χ4v) is 4.20. The van der Waals surface area contributed by atoms with Gasteiger partial charge in [-0.1, -0.05) is 0 Å². The van der Waals surface area contributed by atoms with Gasteiger partial charge in [0.05, 0.1) is 17.4 Å². The summed E-state index contributed by atoms with van der Waals surface area (Å²) in [5.41, 5.74) is 1.43. The number of rotatable bonds is 7. The van der Waals surface area contributed by atoms with Crippen LogP contribution in [0.3, 0.4) is 0 Å². The summed E-state index contributed by atoms with van der Waals surface area (Å²) in [4.78, 5) is 41.2. The lowest BCUT2D eigenvalue weighted by atomic mass is 9.92. The number of carbonyl (C=O) groups excluding carboxylic acids is 1. The number of anilines is 2. The number of hydrogen-bond acceptors (Lipinski definition) is 7. The zero-order valence-corrected chi connectivity index (χ0v) is 18.8. The molecule has 1 saturated heterocycles. The van der Waals surface area contributed by atoms with Crippen molar-refractivity contribution in [2.24, 2.45) is 7.05 Å². The van der Waals surface area contributed by atoms with Crippen LogP contribution in [0.5, 0.6) is 0 Å². The number of H-pyrrole nitrogens is 1. The van der Waals surface area contributed by atoms with E-state index in [2.05, 4.69) is 49.0 Å². The number of hydrogen-bond donors (Lipinski definition) is 2. The summed E-state index contributed by atoms with van der Waals surface area (Å²) >= 11 is 0. The van der Waals surface area contributed by atoms with Crippen LogP contribution in [0.1, 0.15) is 38.3 Å². The van der Waals surface area contributed by atoms with Gasteiger partial charge in [0.15, 0.2) is 5.82 Å². The van der Waals surface area contributed by atoms with Gasteiger partial charge in [0.2, 0.25) is 11.9 Å². The molecule has 0 atom stereocenters. The molecule has 0 unspecified atom stereocenters. The van der Waals surface area contributed by atoms with Crippen LogP contribution in [-0.4, -0.2) is 68.3 Å². The minimum Gasteiger partial charge on any atom is -0.341 e. The molecule has 1 aliphatic rings. The van der Waals surface area contributed by atoms with Crippen molar-refractivity contribution in [3.05, 3.63) is 40.6 Å². The van der Waals surface area contributed by atoms with E-state index in [9.17, 15) is 9.59 Å². The molecule has 0 bridgehead atoms. The Balaban J connectivity index is 1.41. The van der Waals surface area contributed by atoms with Gasteiger partial charge in [-0.25, -0.2) is 9.97 Å². The van der Waals surface area contributed by atoms with Crippen LogP contribution in [0, 0.1) is 0 Å². The van der Waals surface area contributed by atoms with Gasteiger partial charge in [-0.3, -0.25) is 19.2 Å². The molecule has 10 heteroatoms. The molecule has 0 saturated carbocycles. The van der Waals surface area contributed by atoms with Gasteiger partial charge < -0.3 is 15.2 Å². The summed E-state index contributed by atoms with van der Waals surface area (Å²) in [5.74, 6) is 1.37. The molecule has 0 aromatic carbocycles. The summed E-state index contributed by atoms with van der Waals surface area (Å²) in [7, 11) is 1.81. The molecule has 4 heterocycles. The van der Waals surface area contributed by atoms with E-state index in [4.69, 9.17) is 0 Å². The third-order valence-corrected chi connectivity index (χ3v) is 6.02. The van der Waals surface area contributed by atoms with Crippen molar-refractivity contribution in [2.45, 2.75) is 32.6 Å². The van der Waals surface area contributed by atoms with E-state index in [0.29, 0.717) is 29.2 Å². The molecular formula is C22H30N8O2. The van der Waals surface area contributed by atoms with E-state index >= 15 is 0 Å². The van der Waals surface area contributed by atoms with E-state index < -0.39 is 0 Å². The van der Waals surface area contributed by atoms with Gasteiger partial charge in [0.25, 0.3) is 5.56 Å². The first-order valence-corrected chi connectivity index (χ1v) is 11.1. The molecule has 1 amide bonds. The Labute approximate surface area is 186 Å². The molecule has 170 valence electrons. The number of nitrogens with zero attached hydrogens (tertiary/aromatic N) is 6. The van der Waals surface area contributed by atoms with Gasteiger partial charge in [-0.05, 0) is 45.8 Å². The quantitative estimate of drug-likeness (QED) is 0.578. The van der Waals surface area contributed by atoms with Gasteiger partial charge in [-0.2, -0.15) is 5.10 Å². The number of carbonyl (C=O) groups is 1. The molecule has 3 aromatic heterocycles. The van der Waals surface area contributed by atoms with Crippen molar-refractivity contribution in [3.8, 4) is 0 Å². The summed E-state index contributed by atoms with van der Waals surface area (Å²) in [6.45, 7) is 7.64. The van der Waals surface area contributed by atoms with E-state index in [0.717, 1.165) is 44.7 Å². The number of piperidine rings is 1. The minimum atomic E-state index is -0.152. The fourth-order valence-electron chi connectivity index (χ4n) is 4.20. The number of aryl methyl sites for hydroxylation is 1. The van der Waals surface area contributed by atoms with Gasteiger partial charge in [-0.15, -0.1) is 0 Å². The van der Waals surface area contributed by atoms with Crippen molar-refractivity contribution < 1.29 is 4.79 Å². The van der Waals surface area contributed by atoms with Crippen LogP contribution in [0.2, 0.25) is 0 Å². The molecule has 0 aliphatic carbocycles. The Hall–Kier alpha value is -3.27. The maximum Gasteiger partial charge on any atom is 0.259 e. The third kappa shape index (κ3) is 4.80. The molecule has 32 heavy (non-hydrogen) atoms. The maximum absolute atomic E-state index is 12.6. The average molecular weight is 439 g/mol. The Morgan fingerprint density at radius 2 is 2.03 bits per heavy atom. The highest BCUT2D eigenvalue weighted by Gasteiger charge is 2.24. The summed E-state index contributed by atoms with van der Waals surface area (Å²) in [6, 6.07) is 3.76. The van der Waals surface area contributed by atoms with E-state index in [1.807, 2.05) is 13.1 Å². The molecular weight excluding hydrogens is 408 g/mol. The monoisotopic (exact) mass is 438 g/mol. The van der Waals surface area contributed by atoms with Crippen LogP contribution in [0.4, 0.5) is 11.8 Å². The summed E-state index contributed by atoms with van der Waals surface area (Å²) < 4.78 is 1.65. The molecule has 0 radical (unpaired) electrons. The standard InChI is InChI=1S/C22H30N8O2/c1-4-30(5-2)22-23-13-16-18(25-22)12-17(24-21(16)32)15-6-10-29(11-7-15)14-20(31)26-19-8-9-28(3)27-19/h8-9,12-13,15H,4-7,10-11,14H2,1-3H3,(H,24,32)(H,26,27,31).